The maximum absolute atomic E-state index is 5.80. The zero-order valence-electron chi connectivity index (χ0n) is 16.2. The number of allylic oxidation sites excluding steroid dienone is 2. The lowest BCUT2D eigenvalue weighted by molar-refractivity contribution is 0.543. The third kappa shape index (κ3) is 7.01. The van der Waals surface area contributed by atoms with Crippen LogP contribution in [-0.4, -0.2) is 0 Å². The third-order valence-electron chi connectivity index (χ3n) is 4.89. The number of rotatable bonds is 11. The Morgan fingerprint density at radius 1 is 1.08 bits per heavy atom. The van der Waals surface area contributed by atoms with E-state index in [0.29, 0.717) is 12.5 Å². The van der Waals surface area contributed by atoms with Gasteiger partial charge in [0.15, 0.2) is 0 Å². The van der Waals surface area contributed by atoms with Crippen LogP contribution in [0, 0.1) is 0 Å². The van der Waals surface area contributed by atoms with E-state index in [4.69, 9.17) is 5.73 Å². The molecule has 2 N–H and O–H groups in total. The molecule has 0 fully saturated rings. The zero-order chi connectivity index (χ0) is 18.6. The van der Waals surface area contributed by atoms with Gasteiger partial charge < -0.3 is 5.73 Å². The smallest absolute Gasteiger partial charge is 0.0178 e. The fraction of sp³-hybridized carbons (Fsp3) is 0.360. The summed E-state index contributed by atoms with van der Waals surface area (Å²) in [6, 6.07) is 19.3. The van der Waals surface area contributed by atoms with Crippen LogP contribution in [0.2, 0.25) is 0 Å². The molecule has 2 rings (SSSR count). The van der Waals surface area contributed by atoms with E-state index >= 15 is 0 Å². The summed E-state index contributed by atoms with van der Waals surface area (Å²) >= 11 is 0. The summed E-state index contributed by atoms with van der Waals surface area (Å²) in [5, 5.41) is 0. The number of benzene rings is 2. The average Bonchev–Trinajstić information content (AvgIpc) is 2.68. The second-order valence-electron chi connectivity index (χ2n) is 7.09. The van der Waals surface area contributed by atoms with Crippen molar-refractivity contribution in [3.63, 3.8) is 0 Å². The highest BCUT2D eigenvalue weighted by molar-refractivity contribution is 5.49. The van der Waals surface area contributed by atoms with E-state index in [1.54, 1.807) is 0 Å². The molecule has 0 heterocycles. The first-order chi connectivity index (χ1) is 12.7. The van der Waals surface area contributed by atoms with Crippen LogP contribution in [0.1, 0.15) is 68.1 Å². The first-order valence-electron chi connectivity index (χ1n) is 9.90. The van der Waals surface area contributed by atoms with E-state index in [-0.39, 0.29) is 0 Å². The van der Waals surface area contributed by atoms with Crippen LogP contribution in [0.4, 0.5) is 0 Å². The molecule has 138 valence electrons. The Balaban J connectivity index is 1.79. The van der Waals surface area contributed by atoms with Gasteiger partial charge in [-0.05, 0) is 54.7 Å². The summed E-state index contributed by atoms with van der Waals surface area (Å²) in [6.45, 7) is 7.15. The van der Waals surface area contributed by atoms with Gasteiger partial charge in [-0.2, -0.15) is 0 Å². The molecular formula is C25H33N. The lowest BCUT2D eigenvalue weighted by Gasteiger charge is -2.18. The molecule has 0 aliphatic heterocycles. The molecule has 0 spiro atoms. The lowest BCUT2D eigenvalue weighted by atomic mass is 9.88. The van der Waals surface area contributed by atoms with Crippen LogP contribution in [0.15, 0.2) is 72.8 Å². The second kappa shape index (κ2) is 11.5. The van der Waals surface area contributed by atoms with Crippen LogP contribution >= 0.6 is 0 Å². The van der Waals surface area contributed by atoms with Gasteiger partial charge in [-0.15, -0.1) is 0 Å². The predicted molar refractivity (Wildman–Crippen MR) is 115 cm³/mol. The van der Waals surface area contributed by atoms with Gasteiger partial charge in [-0.3, -0.25) is 0 Å². The Hall–Kier alpha value is -2.12. The second-order valence-corrected chi connectivity index (χ2v) is 7.09. The molecule has 0 bridgehead atoms. The normalized spacial score (nSPS) is 12.4. The van der Waals surface area contributed by atoms with Gasteiger partial charge in [0.1, 0.15) is 0 Å². The summed E-state index contributed by atoms with van der Waals surface area (Å²) in [4.78, 5) is 0. The minimum Gasteiger partial charge on any atom is -0.326 e. The largest absolute Gasteiger partial charge is 0.326 e. The van der Waals surface area contributed by atoms with Crippen molar-refractivity contribution in [3.05, 3.63) is 89.5 Å². The van der Waals surface area contributed by atoms with Gasteiger partial charge in [0.2, 0.25) is 0 Å². The molecule has 0 saturated carbocycles. The Morgan fingerprint density at radius 2 is 1.88 bits per heavy atom. The van der Waals surface area contributed by atoms with E-state index in [1.165, 1.54) is 47.9 Å². The maximum Gasteiger partial charge on any atom is 0.0178 e. The van der Waals surface area contributed by atoms with Crippen molar-refractivity contribution in [2.24, 2.45) is 5.73 Å². The highest BCUT2D eigenvalue weighted by atomic mass is 14.5. The quantitative estimate of drug-likeness (QED) is 0.441. The van der Waals surface area contributed by atoms with Crippen LogP contribution in [0.5, 0.6) is 0 Å². The Kier molecular flexibility index (Phi) is 8.92. The lowest BCUT2D eigenvalue weighted by Crippen LogP contribution is -2.02. The molecule has 1 heteroatoms. The molecule has 1 nitrogen and oxygen atoms in total. The molecule has 1 unspecified atom stereocenters. The fourth-order valence-corrected chi connectivity index (χ4v) is 3.43. The van der Waals surface area contributed by atoms with Gasteiger partial charge in [-0.25, -0.2) is 0 Å². The van der Waals surface area contributed by atoms with Crippen molar-refractivity contribution < 1.29 is 0 Å². The monoisotopic (exact) mass is 347 g/mol. The first-order valence-corrected chi connectivity index (χ1v) is 9.90. The summed E-state index contributed by atoms with van der Waals surface area (Å²) in [5.41, 5.74) is 11.1. The van der Waals surface area contributed by atoms with Crippen molar-refractivity contribution in [2.45, 2.75) is 57.9 Å². The number of hydrogen-bond donors (Lipinski definition) is 1. The Labute approximate surface area is 159 Å². The molecule has 0 aliphatic rings. The fourth-order valence-electron chi connectivity index (χ4n) is 3.43. The zero-order valence-corrected chi connectivity index (χ0v) is 16.2. The standard InChI is InChI=1S/C25H33N/c1-3-10-24(25-18-9-16-23(19-25)20-26)17-8-12-21(2)11-7-15-22-13-5-4-6-14-22/h4-7,9,13-16,18-19,24H,2-3,8,10-12,17,20,26H2,1H3/b15-7+. The van der Waals surface area contributed by atoms with E-state index in [0.717, 1.165) is 12.8 Å². The van der Waals surface area contributed by atoms with Crippen LogP contribution < -0.4 is 5.73 Å². The van der Waals surface area contributed by atoms with Crippen molar-refractivity contribution >= 4 is 6.08 Å². The maximum atomic E-state index is 5.80. The molecule has 0 saturated heterocycles. The van der Waals surface area contributed by atoms with Crippen molar-refractivity contribution in [1.82, 2.24) is 0 Å². The molecule has 0 aliphatic carbocycles. The van der Waals surface area contributed by atoms with Gasteiger partial charge in [0, 0.05) is 6.54 Å². The summed E-state index contributed by atoms with van der Waals surface area (Å²) < 4.78 is 0. The number of nitrogens with two attached hydrogens (primary N) is 1. The van der Waals surface area contributed by atoms with Gasteiger partial charge >= 0.3 is 0 Å². The topological polar surface area (TPSA) is 26.0 Å². The molecular weight excluding hydrogens is 314 g/mol. The molecule has 0 aromatic heterocycles. The minimum atomic E-state index is 0.622. The summed E-state index contributed by atoms with van der Waals surface area (Å²) in [5.74, 6) is 0.638. The molecule has 26 heavy (non-hydrogen) atoms. The third-order valence-corrected chi connectivity index (χ3v) is 4.89. The summed E-state index contributed by atoms with van der Waals surface area (Å²) in [6.07, 6.45) is 11.4. The Bertz CT molecular complexity index is 684. The van der Waals surface area contributed by atoms with Gasteiger partial charge in [0.05, 0.1) is 0 Å². The highest BCUT2D eigenvalue weighted by Gasteiger charge is 2.11. The van der Waals surface area contributed by atoms with Crippen LogP contribution in [0.25, 0.3) is 6.08 Å². The molecule has 0 amide bonds. The van der Waals surface area contributed by atoms with E-state index in [2.05, 4.69) is 74.2 Å². The molecule has 0 radical (unpaired) electrons. The van der Waals surface area contributed by atoms with Crippen molar-refractivity contribution in [1.29, 1.82) is 0 Å². The van der Waals surface area contributed by atoms with Crippen molar-refractivity contribution in [2.75, 3.05) is 0 Å². The van der Waals surface area contributed by atoms with Crippen LogP contribution in [0.3, 0.4) is 0 Å². The minimum absolute atomic E-state index is 0.622. The van der Waals surface area contributed by atoms with E-state index in [1.807, 2.05) is 6.07 Å². The van der Waals surface area contributed by atoms with E-state index < -0.39 is 0 Å². The summed E-state index contributed by atoms with van der Waals surface area (Å²) in [7, 11) is 0. The molecule has 2 aromatic rings. The van der Waals surface area contributed by atoms with Gasteiger partial charge in [-0.1, -0.05) is 92.2 Å². The molecule has 2 aromatic carbocycles. The Morgan fingerprint density at radius 3 is 2.62 bits per heavy atom. The van der Waals surface area contributed by atoms with Crippen molar-refractivity contribution in [3.8, 4) is 0 Å². The van der Waals surface area contributed by atoms with Gasteiger partial charge in [0.25, 0.3) is 0 Å². The highest BCUT2D eigenvalue weighted by Crippen LogP contribution is 2.28. The van der Waals surface area contributed by atoms with Crippen LogP contribution in [-0.2, 0) is 6.54 Å². The first kappa shape index (κ1) is 20.2. The van der Waals surface area contributed by atoms with E-state index in [9.17, 15) is 0 Å². The average molecular weight is 348 g/mol. The molecule has 1 atom stereocenters. The number of hydrogen-bond acceptors (Lipinski definition) is 1. The predicted octanol–water partition coefficient (Wildman–Crippen LogP) is 6.86. The SMILES string of the molecule is C=C(C/C=C/c1ccccc1)CCCC(CCC)c1cccc(CN)c1.